The van der Waals surface area contributed by atoms with Crippen LogP contribution in [0.25, 0.3) is 11.0 Å². The second-order valence-electron chi connectivity index (χ2n) is 5.02. The number of aromatic nitrogens is 3. The van der Waals surface area contributed by atoms with Gasteiger partial charge in [0.15, 0.2) is 17.3 Å². The molecule has 1 atom stereocenters. The molecular weight excluding hydrogens is 391 g/mol. The summed E-state index contributed by atoms with van der Waals surface area (Å²) in [7, 11) is 1.13. The number of nitrogens with one attached hydrogen (secondary N) is 1. The van der Waals surface area contributed by atoms with E-state index in [1.54, 1.807) is 6.07 Å². The van der Waals surface area contributed by atoms with Crippen LogP contribution in [0.5, 0.6) is 17.2 Å². The molecule has 0 amide bonds. The van der Waals surface area contributed by atoms with Crippen LogP contribution >= 0.6 is 0 Å². The van der Waals surface area contributed by atoms with Gasteiger partial charge in [0.1, 0.15) is 11.4 Å². The third-order valence-electron chi connectivity index (χ3n) is 3.44. The van der Waals surface area contributed by atoms with E-state index < -0.39 is 17.8 Å². The van der Waals surface area contributed by atoms with Crippen LogP contribution in [0.15, 0.2) is 35.6 Å². The molecule has 2 aromatic heterocycles. The number of nitrogens with zero attached hydrogens (tertiary/aromatic N) is 2. The maximum atomic E-state index is 12.7. The number of pyridine rings is 1. The Bertz CT molecular complexity index is 934. The van der Waals surface area contributed by atoms with E-state index in [4.69, 9.17) is 10.8 Å². The normalized spacial score (nSPS) is 12.4. The molecule has 0 fully saturated rings. The van der Waals surface area contributed by atoms with Crippen molar-refractivity contribution in [2.45, 2.75) is 17.5 Å². The van der Waals surface area contributed by atoms with E-state index in [1.807, 2.05) is 0 Å². The van der Waals surface area contributed by atoms with Crippen LogP contribution in [0, 0.1) is 0 Å². The number of benzene rings is 1. The molecule has 7 nitrogen and oxygen atoms in total. The van der Waals surface area contributed by atoms with E-state index in [0.717, 1.165) is 0 Å². The average Bonchev–Trinajstić information content (AvgIpc) is 3.05. The molecule has 0 spiro atoms. The minimum absolute atomic E-state index is 0. The number of imidazole rings is 1. The van der Waals surface area contributed by atoms with Crippen molar-refractivity contribution < 1.29 is 28.9 Å². The van der Waals surface area contributed by atoms with Crippen molar-refractivity contribution in [3.8, 4) is 17.2 Å². The zero-order chi connectivity index (χ0) is 19.4. The van der Waals surface area contributed by atoms with Gasteiger partial charge in [-0.2, -0.15) is 13.8 Å². The SMILES string of the molecule is [2H]COc1ccnc(C[S+]([O-])c2nc3cc(OC(F)F)ccc3[nH]2)c1OC.[NaH]. The van der Waals surface area contributed by atoms with Gasteiger partial charge < -0.3 is 18.8 Å². The van der Waals surface area contributed by atoms with E-state index in [9.17, 15) is 13.3 Å². The van der Waals surface area contributed by atoms with Gasteiger partial charge in [-0.1, -0.05) is 0 Å². The maximum absolute atomic E-state index is 12.7. The number of hydrogen-bond donors (Lipinski definition) is 1. The molecule has 3 rings (SSSR count). The molecule has 3 aromatic rings. The first kappa shape index (κ1) is 20.2. The number of methoxy groups -OCH3 is 2. The standard InChI is InChI=1S/C16H15F2N3O4S.Na.H/c1-23-13-5-6-19-12(14(13)24-2)8-26(22)16-20-10-4-3-9(25-15(17)18)7-11(10)21-16;;/h3-7,15H,8H2,1-2H3,(H,20,21);;/i1D;;. The van der Waals surface area contributed by atoms with Gasteiger partial charge in [-0.25, -0.2) is 0 Å². The van der Waals surface area contributed by atoms with Gasteiger partial charge in [0.05, 0.1) is 26.6 Å². The summed E-state index contributed by atoms with van der Waals surface area (Å²) >= 11 is -1.61. The van der Waals surface area contributed by atoms with Gasteiger partial charge in [0, 0.05) is 29.5 Å². The second kappa shape index (κ2) is 9.56. The summed E-state index contributed by atoms with van der Waals surface area (Å²) in [5, 5.41) is 0.162. The molecule has 0 radical (unpaired) electrons. The fourth-order valence-electron chi connectivity index (χ4n) is 2.35. The predicted molar refractivity (Wildman–Crippen MR) is 97.3 cm³/mol. The number of hydrogen-bond acceptors (Lipinski definition) is 6. The Morgan fingerprint density at radius 1 is 1.33 bits per heavy atom. The van der Waals surface area contributed by atoms with Crippen LogP contribution in [0.4, 0.5) is 8.78 Å². The van der Waals surface area contributed by atoms with E-state index in [-0.39, 0.29) is 53.3 Å². The average molecular weight is 408 g/mol. The minimum atomic E-state index is -2.94. The number of fused-ring (bicyclic) bond motifs is 1. The Hall–Kier alpha value is -1.59. The fraction of sp³-hybridized carbons (Fsp3) is 0.250. The van der Waals surface area contributed by atoms with Crippen LogP contribution in [0.1, 0.15) is 7.06 Å². The van der Waals surface area contributed by atoms with Crippen molar-refractivity contribution in [3.05, 3.63) is 36.2 Å². The van der Waals surface area contributed by atoms with Crippen molar-refractivity contribution >= 4 is 51.8 Å². The zero-order valence-electron chi connectivity index (χ0n) is 14.6. The molecule has 140 valence electrons. The van der Waals surface area contributed by atoms with E-state index in [0.29, 0.717) is 28.2 Å². The molecule has 2 heterocycles. The summed E-state index contributed by atoms with van der Waals surface area (Å²) < 4.78 is 59.2. The van der Waals surface area contributed by atoms with Crippen LogP contribution in [0.3, 0.4) is 0 Å². The summed E-state index contributed by atoms with van der Waals surface area (Å²) in [4.78, 5) is 11.2. The molecule has 1 aromatic carbocycles. The summed E-state index contributed by atoms with van der Waals surface area (Å²) in [5.74, 6) is 0.568. The first-order valence-corrected chi connectivity index (χ1v) is 8.60. The first-order chi connectivity index (χ1) is 13.0. The number of aromatic amines is 1. The van der Waals surface area contributed by atoms with Crippen LogP contribution < -0.4 is 14.2 Å². The van der Waals surface area contributed by atoms with E-state index in [2.05, 4.69) is 19.7 Å². The van der Waals surface area contributed by atoms with Crippen LogP contribution in [0.2, 0.25) is 0 Å². The summed E-state index contributed by atoms with van der Waals surface area (Å²) in [6.07, 6.45) is 1.46. The van der Waals surface area contributed by atoms with Crippen molar-refractivity contribution in [2.24, 2.45) is 0 Å². The Morgan fingerprint density at radius 2 is 2.15 bits per heavy atom. The van der Waals surface area contributed by atoms with Gasteiger partial charge in [-0.3, -0.25) is 9.97 Å². The number of alkyl halides is 2. The molecular formula is C16H16F2N3NaO4S. The predicted octanol–water partition coefficient (Wildman–Crippen LogP) is 2.24. The monoisotopic (exact) mass is 408 g/mol. The Morgan fingerprint density at radius 3 is 2.85 bits per heavy atom. The van der Waals surface area contributed by atoms with Crippen molar-refractivity contribution in [3.63, 3.8) is 0 Å². The van der Waals surface area contributed by atoms with Crippen molar-refractivity contribution in [1.29, 1.82) is 0 Å². The molecule has 0 bridgehead atoms. The van der Waals surface area contributed by atoms with Crippen LogP contribution in [-0.4, -0.2) is 69.9 Å². The summed E-state index contributed by atoms with van der Waals surface area (Å²) in [6.45, 7) is -2.94. The molecule has 0 saturated carbocycles. The molecule has 27 heavy (non-hydrogen) atoms. The number of halogens is 2. The molecule has 0 aliphatic rings. The Kier molecular flexibility index (Phi) is 7.13. The zero-order valence-corrected chi connectivity index (χ0v) is 14.4. The molecule has 0 aliphatic heterocycles. The molecule has 0 aliphatic carbocycles. The van der Waals surface area contributed by atoms with Gasteiger partial charge >= 0.3 is 41.3 Å². The van der Waals surface area contributed by atoms with E-state index in [1.165, 1.54) is 31.5 Å². The first-order valence-electron chi connectivity index (χ1n) is 7.99. The van der Waals surface area contributed by atoms with Crippen molar-refractivity contribution in [1.82, 2.24) is 15.0 Å². The third-order valence-corrected chi connectivity index (χ3v) is 4.60. The number of ether oxygens (including phenoxy) is 3. The molecule has 1 unspecified atom stereocenters. The van der Waals surface area contributed by atoms with Gasteiger partial charge in [0.2, 0.25) is 0 Å². The quantitative estimate of drug-likeness (QED) is 0.476. The van der Waals surface area contributed by atoms with Gasteiger partial charge in [-0.15, -0.1) is 0 Å². The topological polar surface area (TPSA) is 92.3 Å². The molecule has 11 heteroatoms. The number of H-pyrrole nitrogens is 1. The van der Waals surface area contributed by atoms with Gasteiger partial charge in [-0.05, 0) is 12.1 Å². The fourth-order valence-corrected chi connectivity index (χ4v) is 3.36. The van der Waals surface area contributed by atoms with Crippen LogP contribution in [-0.2, 0) is 16.9 Å². The summed E-state index contributed by atoms with van der Waals surface area (Å²) in [5.41, 5.74) is 1.26. The Labute approximate surface area is 180 Å². The summed E-state index contributed by atoms with van der Waals surface area (Å²) in [6, 6.07) is 5.76. The third kappa shape index (κ3) is 5.02. The van der Waals surface area contributed by atoms with E-state index >= 15 is 0 Å². The molecule has 0 saturated heterocycles. The number of rotatable bonds is 7. The molecule has 1 N–H and O–H groups in total. The Balaban J connectivity index is 0.00000280. The second-order valence-corrected chi connectivity index (χ2v) is 6.39. The van der Waals surface area contributed by atoms with Gasteiger partial charge in [0.25, 0.3) is 0 Å². The van der Waals surface area contributed by atoms with Crippen molar-refractivity contribution in [2.75, 3.05) is 14.2 Å².